The molecule has 0 aromatic carbocycles. The van der Waals surface area contributed by atoms with Crippen LogP contribution in [0.3, 0.4) is 0 Å². The van der Waals surface area contributed by atoms with E-state index in [1.807, 2.05) is 19.0 Å². The number of hydrogen-bond acceptors (Lipinski definition) is 7. The number of methoxy groups -OCH3 is 1. The number of hydrogen-bond donors (Lipinski definition) is 2. The number of halogens is 1. The summed E-state index contributed by atoms with van der Waals surface area (Å²) in [5.74, 6) is -0.0633. The highest BCUT2D eigenvalue weighted by Crippen LogP contribution is 2.35. The molecule has 0 amide bonds. The number of ether oxygens (including phenoxy) is 1. The molecule has 8 nitrogen and oxygen atoms in total. The molecular weight excluding hydrogens is 274 g/mol. The summed E-state index contributed by atoms with van der Waals surface area (Å²) in [6.45, 7) is 0.609. The Balaban J connectivity index is 0.00000324. The molecular formula is C10H18ClN5O3. The topological polar surface area (TPSA) is 121 Å². The summed E-state index contributed by atoms with van der Waals surface area (Å²) < 4.78 is 4.96. The molecule has 1 heterocycles. The molecule has 0 saturated carbocycles. The van der Waals surface area contributed by atoms with Gasteiger partial charge in [0.1, 0.15) is 5.69 Å². The molecule has 0 unspecified atom stereocenters. The summed E-state index contributed by atoms with van der Waals surface area (Å²) in [4.78, 5) is 16.1. The Morgan fingerprint density at radius 3 is 2.42 bits per heavy atom. The van der Waals surface area contributed by atoms with E-state index in [0.29, 0.717) is 18.5 Å². The van der Waals surface area contributed by atoms with E-state index in [9.17, 15) is 10.1 Å². The molecule has 1 rings (SSSR count). The molecule has 108 valence electrons. The zero-order chi connectivity index (χ0) is 13.9. The molecule has 0 spiro atoms. The van der Waals surface area contributed by atoms with Crippen LogP contribution in [-0.2, 0) is 6.42 Å². The number of nitrogen functional groups attached to an aromatic ring is 2. The SMILES string of the molecule is COc1nc(N)c([N+](=O)[O-])c(CCN(C)C)c1N.Cl. The highest BCUT2D eigenvalue weighted by atomic mass is 35.5. The molecule has 0 radical (unpaired) electrons. The summed E-state index contributed by atoms with van der Waals surface area (Å²) in [6.07, 6.45) is 0.401. The van der Waals surface area contributed by atoms with E-state index in [-0.39, 0.29) is 35.5 Å². The van der Waals surface area contributed by atoms with Gasteiger partial charge in [0.15, 0.2) is 0 Å². The maximum Gasteiger partial charge on any atom is 0.316 e. The third-order valence-electron chi connectivity index (χ3n) is 2.49. The van der Waals surface area contributed by atoms with Crippen molar-refractivity contribution in [1.29, 1.82) is 0 Å². The van der Waals surface area contributed by atoms with Crippen LogP contribution in [0.2, 0.25) is 0 Å². The van der Waals surface area contributed by atoms with Gasteiger partial charge < -0.3 is 21.1 Å². The van der Waals surface area contributed by atoms with E-state index in [2.05, 4.69) is 4.98 Å². The van der Waals surface area contributed by atoms with Crippen molar-refractivity contribution in [1.82, 2.24) is 9.88 Å². The molecule has 0 aliphatic rings. The van der Waals surface area contributed by atoms with Crippen LogP contribution in [0.15, 0.2) is 0 Å². The third kappa shape index (κ3) is 3.83. The number of nitro groups is 1. The van der Waals surface area contributed by atoms with Crippen molar-refractivity contribution in [2.75, 3.05) is 39.2 Å². The molecule has 0 saturated heterocycles. The maximum atomic E-state index is 11.0. The Morgan fingerprint density at radius 2 is 2.00 bits per heavy atom. The fourth-order valence-electron chi connectivity index (χ4n) is 1.58. The molecule has 0 atom stereocenters. The third-order valence-corrected chi connectivity index (χ3v) is 2.49. The first-order valence-electron chi connectivity index (χ1n) is 5.29. The second-order valence-corrected chi connectivity index (χ2v) is 4.06. The summed E-state index contributed by atoms with van der Waals surface area (Å²) in [5, 5.41) is 11.0. The summed E-state index contributed by atoms with van der Waals surface area (Å²) in [5.41, 5.74) is 11.7. The van der Waals surface area contributed by atoms with Crippen LogP contribution < -0.4 is 16.2 Å². The number of anilines is 2. The van der Waals surface area contributed by atoms with Gasteiger partial charge in [-0.05, 0) is 20.5 Å². The predicted molar refractivity (Wildman–Crippen MR) is 75.8 cm³/mol. The van der Waals surface area contributed by atoms with Gasteiger partial charge in [-0.15, -0.1) is 12.4 Å². The summed E-state index contributed by atoms with van der Waals surface area (Å²) in [7, 11) is 5.12. The quantitative estimate of drug-likeness (QED) is 0.604. The fourth-order valence-corrected chi connectivity index (χ4v) is 1.58. The van der Waals surface area contributed by atoms with E-state index in [0.717, 1.165) is 0 Å². The average Bonchev–Trinajstić information content (AvgIpc) is 2.28. The number of pyridine rings is 1. The summed E-state index contributed by atoms with van der Waals surface area (Å²) in [6, 6.07) is 0. The first-order chi connectivity index (χ1) is 8.38. The standard InChI is InChI=1S/C10H17N5O3.ClH/c1-14(2)5-4-6-7(11)10(18-3)13-9(12)8(6)15(16)17;/h4-5,11H2,1-3H3,(H2,12,13);1H. The fraction of sp³-hybridized carbons (Fsp3) is 0.500. The van der Waals surface area contributed by atoms with Gasteiger partial charge in [-0.2, -0.15) is 4.98 Å². The molecule has 19 heavy (non-hydrogen) atoms. The van der Waals surface area contributed by atoms with Crippen LogP contribution in [0.25, 0.3) is 0 Å². The molecule has 0 bridgehead atoms. The lowest BCUT2D eigenvalue weighted by molar-refractivity contribution is -0.384. The molecule has 1 aromatic rings. The minimum absolute atomic E-state index is 0. The van der Waals surface area contributed by atoms with Crippen molar-refractivity contribution in [2.45, 2.75) is 6.42 Å². The van der Waals surface area contributed by atoms with E-state index in [1.165, 1.54) is 7.11 Å². The van der Waals surface area contributed by atoms with Gasteiger partial charge >= 0.3 is 5.69 Å². The Kier molecular flexibility index (Phi) is 6.30. The lowest BCUT2D eigenvalue weighted by Crippen LogP contribution is -2.17. The van der Waals surface area contributed by atoms with Gasteiger partial charge in [-0.1, -0.05) is 0 Å². The lowest BCUT2D eigenvalue weighted by atomic mass is 10.1. The molecule has 0 aliphatic carbocycles. The van der Waals surface area contributed by atoms with E-state index >= 15 is 0 Å². The van der Waals surface area contributed by atoms with Crippen molar-refractivity contribution < 1.29 is 9.66 Å². The average molecular weight is 292 g/mol. The minimum atomic E-state index is -0.566. The summed E-state index contributed by atoms with van der Waals surface area (Å²) >= 11 is 0. The van der Waals surface area contributed by atoms with Crippen LogP contribution in [-0.4, -0.2) is 42.6 Å². The Labute approximate surface area is 117 Å². The zero-order valence-electron chi connectivity index (χ0n) is 11.0. The van der Waals surface area contributed by atoms with Crippen molar-refractivity contribution >= 4 is 29.6 Å². The highest BCUT2D eigenvalue weighted by molar-refractivity contribution is 5.85. The van der Waals surface area contributed by atoms with Gasteiger partial charge in [-0.25, -0.2) is 0 Å². The lowest BCUT2D eigenvalue weighted by Gasteiger charge is -2.13. The highest BCUT2D eigenvalue weighted by Gasteiger charge is 2.25. The molecule has 1 aromatic heterocycles. The van der Waals surface area contributed by atoms with E-state index in [1.54, 1.807) is 0 Å². The van der Waals surface area contributed by atoms with Crippen molar-refractivity contribution in [3.63, 3.8) is 0 Å². The number of nitrogens with zero attached hydrogens (tertiary/aromatic N) is 3. The molecule has 0 fully saturated rings. The van der Waals surface area contributed by atoms with Gasteiger partial charge in [0.05, 0.1) is 17.6 Å². The first-order valence-corrected chi connectivity index (χ1v) is 5.29. The second kappa shape index (κ2) is 6.95. The Morgan fingerprint density at radius 1 is 1.42 bits per heavy atom. The Bertz CT molecular complexity index is 467. The van der Waals surface area contributed by atoms with Gasteiger partial charge in [-0.3, -0.25) is 10.1 Å². The van der Waals surface area contributed by atoms with Crippen molar-refractivity contribution in [3.8, 4) is 5.88 Å². The van der Waals surface area contributed by atoms with Crippen LogP contribution in [0, 0.1) is 10.1 Å². The largest absolute Gasteiger partial charge is 0.479 e. The minimum Gasteiger partial charge on any atom is -0.479 e. The smallest absolute Gasteiger partial charge is 0.316 e. The maximum absolute atomic E-state index is 11.0. The number of rotatable bonds is 5. The van der Waals surface area contributed by atoms with Crippen molar-refractivity contribution in [3.05, 3.63) is 15.7 Å². The van der Waals surface area contributed by atoms with Crippen LogP contribution >= 0.6 is 12.4 Å². The first kappa shape index (κ1) is 17.2. The number of likely N-dealkylation sites (N-methyl/N-ethyl adjacent to an activating group) is 1. The van der Waals surface area contributed by atoms with Crippen LogP contribution in [0.1, 0.15) is 5.56 Å². The molecule has 4 N–H and O–H groups in total. The monoisotopic (exact) mass is 291 g/mol. The molecule has 9 heteroatoms. The Hall–Kier alpha value is -1.80. The molecule has 0 aliphatic heterocycles. The normalized spacial score (nSPS) is 10.1. The van der Waals surface area contributed by atoms with E-state index < -0.39 is 4.92 Å². The van der Waals surface area contributed by atoms with Crippen LogP contribution in [0.5, 0.6) is 5.88 Å². The zero-order valence-corrected chi connectivity index (χ0v) is 11.9. The predicted octanol–water partition coefficient (Wildman–Crippen LogP) is 0.689. The van der Waals surface area contributed by atoms with Crippen molar-refractivity contribution in [2.24, 2.45) is 0 Å². The number of nitrogens with two attached hydrogens (primary N) is 2. The van der Waals surface area contributed by atoms with Gasteiger partial charge in [0.25, 0.3) is 0 Å². The van der Waals surface area contributed by atoms with Gasteiger partial charge in [0.2, 0.25) is 11.7 Å². The van der Waals surface area contributed by atoms with Gasteiger partial charge in [0, 0.05) is 6.54 Å². The number of aromatic nitrogens is 1. The second-order valence-electron chi connectivity index (χ2n) is 4.06. The van der Waals surface area contributed by atoms with Crippen LogP contribution in [0.4, 0.5) is 17.2 Å². The van der Waals surface area contributed by atoms with E-state index in [4.69, 9.17) is 16.2 Å².